The number of hydrogen-bond donors (Lipinski definition) is 1. The lowest BCUT2D eigenvalue weighted by molar-refractivity contribution is 0.424. The summed E-state index contributed by atoms with van der Waals surface area (Å²) >= 11 is 0. The first-order valence-corrected chi connectivity index (χ1v) is 7.45. The smallest absolute Gasteiger partial charge is 0.111 e. The number of imidazole rings is 1. The SMILES string of the molecule is Cn1c(CC2(N)CCc3ccccc32)nc2ccccc21. The second-order valence-corrected chi connectivity index (χ2v) is 6.07. The van der Waals surface area contributed by atoms with E-state index in [0.29, 0.717) is 0 Å². The summed E-state index contributed by atoms with van der Waals surface area (Å²) in [6.45, 7) is 0. The minimum atomic E-state index is -0.286. The fourth-order valence-corrected chi connectivity index (χ4v) is 3.54. The van der Waals surface area contributed by atoms with E-state index < -0.39 is 0 Å². The van der Waals surface area contributed by atoms with Crippen LogP contribution in [0.4, 0.5) is 0 Å². The Labute approximate surface area is 124 Å². The van der Waals surface area contributed by atoms with Crippen molar-refractivity contribution in [3.63, 3.8) is 0 Å². The predicted octanol–water partition coefficient (Wildman–Crippen LogP) is 2.92. The molecule has 2 aromatic carbocycles. The molecule has 2 N–H and O–H groups in total. The van der Waals surface area contributed by atoms with Gasteiger partial charge in [0.1, 0.15) is 5.82 Å². The van der Waals surface area contributed by atoms with Gasteiger partial charge in [0.05, 0.1) is 11.0 Å². The molecule has 1 atom stereocenters. The Hall–Kier alpha value is -2.13. The Balaban J connectivity index is 1.77. The van der Waals surface area contributed by atoms with Crippen LogP contribution in [0.3, 0.4) is 0 Å². The van der Waals surface area contributed by atoms with Crippen LogP contribution in [0, 0.1) is 0 Å². The van der Waals surface area contributed by atoms with Crippen LogP contribution in [0.5, 0.6) is 0 Å². The minimum absolute atomic E-state index is 0.286. The van der Waals surface area contributed by atoms with Crippen molar-refractivity contribution >= 4 is 11.0 Å². The normalized spacial score (nSPS) is 20.9. The van der Waals surface area contributed by atoms with E-state index in [0.717, 1.165) is 30.6 Å². The monoisotopic (exact) mass is 277 g/mol. The molecule has 1 heterocycles. The van der Waals surface area contributed by atoms with Gasteiger partial charge in [-0.15, -0.1) is 0 Å². The molecule has 0 spiro atoms. The quantitative estimate of drug-likeness (QED) is 0.782. The van der Waals surface area contributed by atoms with Crippen molar-refractivity contribution < 1.29 is 0 Å². The molecule has 0 saturated heterocycles. The molecule has 0 radical (unpaired) electrons. The van der Waals surface area contributed by atoms with Gasteiger partial charge in [-0.1, -0.05) is 36.4 Å². The number of benzene rings is 2. The molecule has 1 aliphatic carbocycles. The van der Waals surface area contributed by atoms with Crippen molar-refractivity contribution in [2.45, 2.75) is 24.8 Å². The Bertz CT molecular complexity index is 818. The summed E-state index contributed by atoms with van der Waals surface area (Å²) in [5.74, 6) is 1.07. The Morgan fingerprint density at radius 2 is 1.90 bits per heavy atom. The van der Waals surface area contributed by atoms with Crippen LogP contribution in [0.15, 0.2) is 48.5 Å². The summed E-state index contributed by atoms with van der Waals surface area (Å²) in [7, 11) is 2.08. The number of rotatable bonds is 2. The average molecular weight is 277 g/mol. The van der Waals surface area contributed by atoms with E-state index in [1.807, 2.05) is 6.07 Å². The molecule has 3 heteroatoms. The molecule has 21 heavy (non-hydrogen) atoms. The van der Waals surface area contributed by atoms with Gasteiger partial charge in [-0.25, -0.2) is 4.98 Å². The third kappa shape index (κ3) is 1.88. The third-order valence-corrected chi connectivity index (χ3v) is 4.75. The summed E-state index contributed by atoms with van der Waals surface area (Å²) in [5, 5.41) is 0. The van der Waals surface area contributed by atoms with Crippen LogP contribution in [0.2, 0.25) is 0 Å². The fraction of sp³-hybridized carbons (Fsp3) is 0.278. The maximum Gasteiger partial charge on any atom is 0.111 e. The number of aryl methyl sites for hydroxylation is 2. The number of para-hydroxylation sites is 2. The summed E-state index contributed by atoms with van der Waals surface area (Å²) in [6, 6.07) is 16.8. The summed E-state index contributed by atoms with van der Waals surface area (Å²) < 4.78 is 2.17. The molecule has 0 fully saturated rings. The highest BCUT2D eigenvalue weighted by atomic mass is 15.1. The Morgan fingerprint density at radius 1 is 1.14 bits per heavy atom. The zero-order valence-corrected chi connectivity index (χ0v) is 12.2. The average Bonchev–Trinajstić information content (AvgIpc) is 3.00. The Morgan fingerprint density at radius 3 is 2.76 bits per heavy atom. The first-order chi connectivity index (χ1) is 10.2. The van der Waals surface area contributed by atoms with Crippen LogP contribution in [-0.4, -0.2) is 9.55 Å². The zero-order valence-electron chi connectivity index (χ0n) is 12.2. The topological polar surface area (TPSA) is 43.8 Å². The van der Waals surface area contributed by atoms with Gasteiger partial charge in [0, 0.05) is 19.0 Å². The second kappa shape index (κ2) is 4.43. The van der Waals surface area contributed by atoms with Gasteiger partial charge >= 0.3 is 0 Å². The summed E-state index contributed by atoms with van der Waals surface area (Å²) in [5.41, 5.74) is 11.3. The van der Waals surface area contributed by atoms with E-state index in [9.17, 15) is 0 Å². The van der Waals surface area contributed by atoms with Crippen LogP contribution in [0.25, 0.3) is 11.0 Å². The molecule has 1 aromatic heterocycles. The number of hydrogen-bond acceptors (Lipinski definition) is 2. The first-order valence-electron chi connectivity index (χ1n) is 7.45. The first kappa shape index (κ1) is 12.6. The highest BCUT2D eigenvalue weighted by Gasteiger charge is 2.36. The van der Waals surface area contributed by atoms with Crippen LogP contribution in [0.1, 0.15) is 23.4 Å². The lowest BCUT2D eigenvalue weighted by Gasteiger charge is -2.25. The van der Waals surface area contributed by atoms with E-state index in [1.54, 1.807) is 0 Å². The van der Waals surface area contributed by atoms with E-state index in [4.69, 9.17) is 10.7 Å². The van der Waals surface area contributed by atoms with E-state index >= 15 is 0 Å². The van der Waals surface area contributed by atoms with Gasteiger partial charge in [-0.05, 0) is 36.1 Å². The third-order valence-electron chi connectivity index (χ3n) is 4.75. The predicted molar refractivity (Wildman–Crippen MR) is 85.0 cm³/mol. The molecule has 1 unspecified atom stereocenters. The van der Waals surface area contributed by atoms with E-state index in [1.165, 1.54) is 16.6 Å². The maximum atomic E-state index is 6.74. The molecule has 1 aliphatic rings. The van der Waals surface area contributed by atoms with Crippen molar-refractivity contribution in [3.8, 4) is 0 Å². The molecule has 0 amide bonds. The molecule has 3 nitrogen and oxygen atoms in total. The highest BCUT2D eigenvalue weighted by Crippen LogP contribution is 2.37. The molecular formula is C18H19N3. The van der Waals surface area contributed by atoms with Gasteiger partial charge < -0.3 is 10.3 Å². The van der Waals surface area contributed by atoms with Crippen molar-refractivity contribution in [2.75, 3.05) is 0 Å². The molecule has 0 saturated carbocycles. The number of fused-ring (bicyclic) bond motifs is 2. The number of nitrogens with zero attached hydrogens (tertiary/aromatic N) is 2. The van der Waals surface area contributed by atoms with Crippen LogP contribution >= 0.6 is 0 Å². The van der Waals surface area contributed by atoms with Gasteiger partial charge in [0.15, 0.2) is 0 Å². The lowest BCUT2D eigenvalue weighted by atomic mass is 9.89. The van der Waals surface area contributed by atoms with E-state index in [2.05, 4.69) is 54.1 Å². The highest BCUT2D eigenvalue weighted by molar-refractivity contribution is 5.75. The molecule has 4 rings (SSSR count). The largest absolute Gasteiger partial charge is 0.331 e. The second-order valence-electron chi connectivity index (χ2n) is 6.07. The number of nitrogens with two attached hydrogens (primary N) is 1. The summed E-state index contributed by atoms with van der Waals surface area (Å²) in [4.78, 5) is 4.78. The van der Waals surface area contributed by atoms with Crippen molar-refractivity contribution in [1.29, 1.82) is 0 Å². The van der Waals surface area contributed by atoms with Crippen LogP contribution in [-0.2, 0) is 25.4 Å². The summed E-state index contributed by atoms with van der Waals surface area (Å²) in [6.07, 6.45) is 2.85. The lowest BCUT2D eigenvalue weighted by Crippen LogP contribution is -2.37. The minimum Gasteiger partial charge on any atom is -0.331 e. The Kier molecular flexibility index (Phi) is 2.66. The van der Waals surface area contributed by atoms with Gasteiger partial charge in [0.2, 0.25) is 0 Å². The van der Waals surface area contributed by atoms with Crippen molar-refractivity contribution in [1.82, 2.24) is 9.55 Å². The van der Waals surface area contributed by atoms with Gasteiger partial charge in [-0.2, -0.15) is 0 Å². The number of aromatic nitrogens is 2. The van der Waals surface area contributed by atoms with E-state index in [-0.39, 0.29) is 5.54 Å². The van der Waals surface area contributed by atoms with Crippen LogP contribution < -0.4 is 5.73 Å². The maximum absolute atomic E-state index is 6.74. The van der Waals surface area contributed by atoms with Gasteiger partial charge in [-0.3, -0.25) is 0 Å². The zero-order chi connectivity index (χ0) is 14.4. The molecule has 3 aromatic rings. The van der Waals surface area contributed by atoms with Gasteiger partial charge in [0.25, 0.3) is 0 Å². The van der Waals surface area contributed by atoms with Crippen molar-refractivity contribution in [3.05, 3.63) is 65.5 Å². The van der Waals surface area contributed by atoms with Crippen molar-refractivity contribution in [2.24, 2.45) is 12.8 Å². The molecular weight excluding hydrogens is 258 g/mol. The molecule has 106 valence electrons. The standard InChI is InChI=1S/C18H19N3/c1-21-16-9-5-4-8-15(16)20-17(21)12-18(19)11-10-13-6-2-3-7-14(13)18/h2-9H,10-12,19H2,1H3. The fourth-order valence-electron chi connectivity index (χ4n) is 3.54. The molecule has 0 aliphatic heterocycles. The molecule has 0 bridgehead atoms.